The zero-order valence-electron chi connectivity index (χ0n) is 7.13. The van der Waals surface area contributed by atoms with Gasteiger partial charge in [0.05, 0.1) is 4.47 Å². The van der Waals surface area contributed by atoms with Crippen LogP contribution < -0.4 is 5.73 Å². The molecule has 0 bridgehead atoms. The van der Waals surface area contributed by atoms with E-state index < -0.39 is 0 Å². The molecule has 13 heavy (non-hydrogen) atoms. The van der Waals surface area contributed by atoms with Crippen molar-refractivity contribution in [1.29, 1.82) is 0 Å². The van der Waals surface area contributed by atoms with Gasteiger partial charge in [0.15, 0.2) is 0 Å². The van der Waals surface area contributed by atoms with E-state index in [4.69, 9.17) is 5.73 Å². The van der Waals surface area contributed by atoms with Crippen molar-refractivity contribution in [2.75, 3.05) is 0 Å². The molecule has 0 amide bonds. The zero-order chi connectivity index (χ0) is 9.84. The van der Waals surface area contributed by atoms with Crippen LogP contribution in [0.15, 0.2) is 35.3 Å². The number of hydrogen-bond donors (Lipinski definition) is 1. The molecule has 1 aromatic carbocycles. The van der Waals surface area contributed by atoms with E-state index in [1.165, 1.54) is 6.07 Å². The Kier molecular flexibility index (Phi) is 3.63. The minimum atomic E-state index is -0.281. The van der Waals surface area contributed by atoms with Gasteiger partial charge in [-0.15, -0.1) is 6.58 Å². The molecule has 1 unspecified atom stereocenters. The lowest BCUT2D eigenvalue weighted by atomic mass is 10.1. The predicted octanol–water partition coefficient (Wildman–Crippen LogP) is 3.16. The lowest BCUT2D eigenvalue weighted by molar-refractivity contribution is 0.613. The molecular formula is C10H11BrFN. The fourth-order valence-corrected chi connectivity index (χ4v) is 1.31. The summed E-state index contributed by atoms with van der Waals surface area (Å²) in [5, 5.41) is 0. The van der Waals surface area contributed by atoms with Gasteiger partial charge in [-0.25, -0.2) is 4.39 Å². The third-order valence-electron chi connectivity index (χ3n) is 1.79. The first kappa shape index (κ1) is 10.4. The number of nitrogens with two attached hydrogens (primary N) is 1. The molecule has 1 nitrogen and oxygen atoms in total. The SMILES string of the molecule is C=CCC(N)c1ccc(Br)c(F)c1. The first-order valence-corrected chi connectivity index (χ1v) is 4.76. The second kappa shape index (κ2) is 4.53. The highest BCUT2D eigenvalue weighted by atomic mass is 79.9. The maximum atomic E-state index is 13.1. The third kappa shape index (κ3) is 2.64. The van der Waals surface area contributed by atoms with Gasteiger partial charge in [-0.1, -0.05) is 12.1 Å². The topological polar surface area (TPSA) is 26.0 Å². The van der Waals surface area contributed by atoms with Crippen LogP contribution in [0.25, 0.3) is 0 Å². The maximum absolute atomic E-state index is 13.1. The van der Waals surface area contributed by atoms with Gasteiger partial charge in [0.25, 0.3) is 0 Å². The molecule has 0 saturated heterocycles. The molecule has 0 saturated carbocycles. The Hall–Kier alpha value is -0.670. The van der Waals surface area contributed by atoms with Crippen molar-refractivity contribution in [1.82, 2.24) is 0 Å². The summed E-state index contributed by atoms with van der Waals surface area (Å²) in [5.74, 6) is -0.281. The van der Waals surface area contributed by atoms with Crippen molar-refractivity contribution in [3.05, 3.63) is 46.7 Å². The number of hydrogen-bond acceptors (Lipinski definition) is 1. The second-order valence-corrected chi connectivity index (χ2v) is 3.66. The number of rotatable bonds is 3. The lowest BCUT2D eigenvalue weighted by Crippen LogP contribution is -2.09. The van der Waals surface area contributed by atoms with Gasteiger partial charge in [-0.2, -0.15) is 0 Å². The number of benzene rings is 1. The molecule has 0 aromatic heterocycles. The Morgan fingerprint density at radius 2 is 2.31 bits per heavy atom. The van der Waals surface area contributed by atoms with E-state index in [0.717, 1.165) is 5.56 Å². The van der Waals surface area contributed by atoms with Gasteiger partial charge in [-0.3, -0.25) is 0 Å². The Balaban J connectivity index is 2.89. The molecular weight excluding hydrogens is 233 g/mol. The van der Waals surface area contributed by atoms with Gasteiger partial charge < -0.3 is 5.73 Å². The van der Waals surface area contributed by atoms with E-state index in [-0.39, 0.29) is 11.9 Å². The van der Waals surface area contributed by atoms with E-state index in [0.29, 0.717) is 10.9 Å². The van der Waals surface area contributed by atoms with Crippen molar-refractivity contribution in [3.8, 4) is 0 Å². The molecule has 1 atom stereocenters. The fraction of sp³-hybridized carbons (Fsp3) is 0.200. The van der Waals surface area contributed by atoms with Crippen LogP contribution in [0, 0.1) is 5.82 Å². The van der Waals surface area contributed by atoms with E-state index in [2.05, 4.69) is 22.5 Å². The van der Waals surface area contributed by atoms with Crippen molar-refractivity contribution in [2.24, 2.45) is 5.73 Å². The van der Waals surface area contributed by atoms with Gasteiger partial charge in [0, 0.05) is 6.04 Å². The van der Waals surface area contributed by atoms with Crippen molar-refractivity contribution >= 4 is 15.9 Å². The Bertz CT molecular complexity index is 312. The first-order valence-electron chi connectivity index (χ1n) is 3.96. The molecule has 0 heterocycles. The largest absolute Gasteiger partial charge is 0.324 e. The zero-order valence-corrected chi connectivity index (χ0v) is 8.72. The monoisotopic (exact) mass is 243 g/mol. The molecule has 0 aliphatic rings. The lowest BCUT2D eigenvalue weighted by Gasteiger charge is -2.09. The predicted molar refractivity (Wildman–Crippen MR) is 55.8 cm³/mol. The van der Waals surface area contributed by atoms with E-state index in [1.807, 2.05) is 0 Å². The maximum Gasteiger partial charge on any atom is 0.137 e. The third-order valence-corrected chi connectivity index (χ3v) is 2.44. The van der Waals surface area contributed by atoms with Crippen LogP contribution >= 0.6 is 15.9 Å². The minimum Gasteiger partial charge on any atom is -0.324 e. The molecule has 0 aliphatic heterocycles. The minimum absolute atomic E-state index is 0.167. The quantitative estimate of drug-likeness (QED) is 0.812. The standard InChI is InChI=1S/C10H11BrFN/c1-2-3-10(13)7-4-5-8(11)9(12)6-7/h2,4-6,10H,1,3,13H2. The average molecular weight is 244 g/mol. The summed E-state index contributed by atoms with van der Waals surface area (Å²) in [4.78, 5) is 0. The fourth-order valence-electron chi connectivity index (χ4n) is 1.06. The Labute approximate surface area is 85.6 Å². The van der Waals surface area contributed by atoms with E-state index >= 15 is 0 Å². The van der Waals surface area contributed by atoms with Gasteiger partial charge in [-0.05, 0) is 40.0 Å². The molecule has 2 N–H and O–H groups in total. The van der Waals surface area contributed by atoms with Gasteiger partial charge in [0.2, 0.25) is 0 Å². The average Bonchev–Trinajstić information content (AvgIpc) is 2.10. The van der Waals surface area contributed by atoms with E-state index in [1.54, 1.807) is 18.2 Å². The highest BCUT2D eigenvalue weighted by molar-refractivity contribution is 9.10. The summed E-state index contributed by atoms with van der Waals surface area (Å²) >= 11 is 3.08. The van der Waals surface area contributed by atoms with Crippen LogP contribution in [0.2, 0.25) is 0 Å². The van der Waals surface area contributed by atoms with Gasteiger partial charge >= 0.3 is 0 Å². The molecule has 1 rings (SSSR count). The highest BCUT2D eigenvalue weighted by Gasteiger charge is 2.06. The van der Waals surface area contributed by atoms with Crippen molar-refractivity contribution in [2.45, 2.75) is 12.5 Å². The smallest absolute Gasteiger partial charge is 0.137 e. The summed E-state index contributed by atoms with van der Waals surface area (Å²) in [5.41, 5.74) is 6.56. The first-order chi connectivity index (χ1) is 6.15. The molecule has 3 heteroatoms. The molecule has 1 aromatic rings. The molecule has 70 valence electrons. The van der Waals surface area contributed by atoms with Crippen LogP contribution in [-0.2, 0) is 0 Å². The summed E-state index contributed by atoms with van der Waals surface area (Å²) in [6, 6.07) is 4.74. The van der Waals surface area contributed by atoms with Gasteiger partial charge in [0.1, 0.15) is 5.82 Å². The summed E-state index contributed by atoms with van der Waals surface area (Å²) in [6.45, 7) is 3.58. The summed E-state index contributed by atoms with van der Waals surface area (Å²) in [7, 11) is 0. The van der Waals surface area contributed by atoms with Crippen molar-refractivity contribution < 1.29 is 4.39 Å². The Morgan fingerprint density at radius 1 is 1.62 bits per heavy atom. The van der Waals surface area contributed by atoms with Crippen LogP contribution in [0.5, 0.6) is 0 Å². The second-order valence-electron chi connectivity index (χ2n) is 2.80. The molecule has 0 fully saturated rings. The number of halogens is 2. The summed E-state index contributed by atoms with van der Waals surface area (Å²) in [6.07, 6.45) is 2.38. The van der Waals surface area contributed by atoms with Crippen LogP contribution in [0.4, 0.5) is 4.39 Å². The summed E-state index contributed by atoms with van der Waals surface area (Å²) < 4.78 is 13.5. The molecule has 0 aliphatic carbocycles. The van der Waals surface area contributed by atoms with Crippen molar-refractivity contribution in [3.63, 3.8) is 0 Å². The highest BCUT2D eigenvalue weighted by Crippen LogP contribution is 2.21. The molecule has 0 radical (unpaired) electrons. The normalized spacial score (nSPS) is 12.5. The van der Waals surface area contributed by atoms with Crippen LogP contribution in [-0.4, -0.2) is 0 Å². The van der Waals surface area contributed by atoms with E-state index in [9.17, 15) is 4.39 Å². The van der Waals surface area contributed by atoms with Crippen LogP contribution in [0.1, 0.15) is 18.0 Å². The Morgan fingerprint density at radius 3 is 2.85 bits per heavy atom. The molecule has 0 spiro atoms. The van der Waals surface area contributed by atoms with Crippen LogP contribution in [0.3, 0.4) is 0 Å².